The topological polar surface area (TPSA) is 56.2 Å². The van der Waals surface area contributed by atoms with E-state index in [4.69, 9.17) is 4.74 Å². The first-order valence-electron chi connectivity index (χ1n) is 6.82. The molecule has 1 amide bonds. The van der Waals surface area contributed by atoms with E-state index < -0.39 is 0 Å². The molecular weight excluding hydrogens is 334 g/mol. The van der Waals surface area contributed by atoms with Crippen molar-refractivity contribution in [2.75, 3.05) is 11.9 Å². The first kappa shape index (κ1) is 15.6. The summed E-state index contributed by atoms with van der Waals surface area (Å²) in [5, 5.41) is 7.04. The van der Waals surface area contributed by atoms with E-state index in [-0.39, 0.29) is 18.6 Å². The lowest BCUT2D eigenvalue weighted by Crippen LogP contribution is -2.22. The lowest BCUT2D eigenvalue weighted by atomic mass is 10.3. The van der Waals surface area contributed by atoms with Crippen LogP contribution in [-0.4, -0.2) is 22.3 Å². The van der Waals surface area contributed by atoms with E-state index in [1.54, 1.807) is 29.1 Å². The second-order valence-corrected chi connectivity index (χ2v) is 5.62. The number of aromatic nitrogens is 2. The van der Waals surface area contributed by atoms with E-state index in [9.17, 15) is 4.79 Å². The van der Waals surface area contributed by atoms with Crippen LogP contribution in [0.4, 0.5) is 5.82 Å². The van der Waals surface area contributed by atoms with Crippen LogP contribution in [0.1, 0.15) is 26.3 Å². The Balaban J connectivity index is 1.90. The number of hydrogen-bond acceptors (Lipinski definition) is 3. The molecule has 1 aromatic carbocycles. The average Bonchev–Trinajstić information content (AvgIpc) is 2.94. The van der Waals surface area contributed by atoms with Crippen LogP contribution in [0.5, 0.6) is 5.75 Å². The molecule has 0 aliphatic rings. The van der Waals surface area contributed by atoms with Crippen molar-refractivity contribution in [2.45, 2.75) is 26.3 Å². The minimum atomic E-state index is -0.206. The zero-order valence-electron chi connectivity index (χ0n) is 12.0. The van der Waals surface area contributed by atoms with E-state index in [2.05, 4.69) is 40.2 Å². The zero-order valence-corrected chi connectivity index (χ0v) is 13.6. The summed E-state index contributed by atoms with van der Waals surface area (Å²) in [5.41, 5.74) is 0. The summed E-state index contributed by atoms with van der Waals surface area (Å²) in [6.45, 7) is 4.10. The molecule has 1 unspecified atom stereocenters. The number of anilines is 1. The summed E-state index contributed by atoms with van der Waals surface area (Å²) in [7, 11) is 0. The number of carbonyl (C=O) groups excluding carboxylic acids is 1. The first-order chi connectivity index (χ1) is 10.1. The van der Waals surface area contributed by atoms with Gasteiger partial charge in [0.1, 0.15) is 11.6 Å². The molecule has 0 spiro atoms. The van der Waals surface area contributed by atoms with Crippen LogP contribution in [0.2, 0.25) is 0 Å². The monoisotopic (exact) mass is 351 g/mol. The smallest absolute Gasteiger partial charge is 0.263 e. The van der Waals surface area contributed by atoms with Gasteiger partial charge in [-0.25, -0.2) is 4.68 Å². The molecule has 6 heteroatoms. The molecule has 112 valence electrons. The molecule has 1 heterocycles. The standard InChI is InChI=1S/C15H18BrN3O2/c1-3-11(2)19-14(8-9-17-19)18-15(20)10-21-13-6-4-12(16)5-7-13/h4-9,11H,3,10H2,1-2H3,(H,18,20). The number of ether oxygens (including phenoxy) is 1. The second kappa shape index (κ2) is 7.26. The summed E-state index contributed by atoms with van der Waals surface area (Å²) in [4.78, 5) is 11.9. The molecule has 1 atom stereocenters. The highest BCUT2D eigenvalue weighted by molar-refractivity contribution is 9.10. The van der Waals surface area contributed by atoms with Gasteiger partial charge in [-0.2, -0.15) is 5.10 Å². The fraction of sp³-hybridized carbons (Fsp3) is 0.333. The molecule has 0 fully saturated rings. The van der Waals surface area contributed by atoms with Crippen LogP contribution >= 0.6 is 15.9 Å². The maximum absolute atomic E-state index is 11.9. The van der Waals surface area contributed by atoms with Gasteiger partial charge < -0.3 is 10.1 Å². The molecule has 5 nitrogen and oxygen atoms in total. The number of rotatable bonds is 6. The minimum Gasteiger partial charge on any atom is -0.484 e. The molecule has 0 saturated carbocycles. The zero-order chi connectivity index (χ0) is 15.2. The molecule has 0 bridgehead atoms. The number of hydrogen-bond donors (Lipinski definition) is 1. The molecule has 0 aliphatic carbocycles. The van der Waals surface area contributed by atoms with Gasteiger partial charge in [0.15, 0.2) is 6.61 Å². The van der Waals surface area contributed by atoms with Gasteiger partial charge in [-0.3, -0.25) is 4.79 Å². The Labute approximate surface area is 132 Å². The summed E-state index contributed by atoms with van der Waals surface area (Å²) < 4.78 is 8.21. The van der Waals surface area contributed by atoms with E-state index >= 15 is 0 Å². The molecule has 2 rings (SSSR count). The molecule has 21 heavy (non-hydrogen) atoms. The van der Waals surface area contributed by atoms with E-state index in [0.29, 0.717) is 11.6 Å². The quantitative estimate of drug-likeness (QED) is 0.864. The summed E-state index contributed by atoms with van der Waals surface area (Å²) in [5.74, 6) is 1.14. The summed E-state index contributed by atoms with van der Waals surface area (Å²) in [6, 6.07) is 9.37. The van der Waals surface area contributed by atoms with Crippen molar-refractivity contribution >= 4 is 27.7 Å². The number of carbonyl (C=O) groups is 1. The lowest BCUT2D eigenvalue weighted by molar-refractivity contribution is -0.118. The number of nitrogens with zero attached hydrogens (tertiary/aromatic N) is 2. The van der Waals surface area contributed by atoms with Crippen molar-refractivity contribution in [3.8, 4) is 5.75 Å². The molecule has 0 aliphatic heterocycles. The summed E-state index contributed by atoms with van der Waals surface area (Å²) in [6.07, 6.45) is 2.62. The molecular formula is C15H18BrN3O2. The van der Waals surface area contributed by atoms with E-state index in [0.717, 1.165) is 10.9 Å². The van der Waals surface area contributed by atoms with Gasteiger partial charge in [-0.05, 0) is 37.6 Å². The van der Waals surface area contributed by atoms with Gasteiger partial charge >= 0.3 is 0 Å². The van der Waals surface area contributed by atoms with Crippen molar-refractivity contribution in [1.82, 2.24) is 9.78 Å². The number of benzene rings is 1. The predicted molar refractivity (Wildman–Crippen MR) is 85.5 cm³/mol. The predicted octanol–water partition coefficient (Wildman–Crippen LogP) is 3.63. The van der Waals surface area contributed by atoms with Crippen LogP contribution in [0.3, 0.4) is 0 Å². The Hall–Kier alpha value is -1.82. The SMILES string of the molecule is CCC(C)n1nccc1NC(=O)COc1ccc(Br)cc1. The van der Waals surface area contributed by atoms with Gasteiger partial charge in [0.2, 0.25) is 0 Å². The van der Waals surface area contributed by atoms with Crippen LogP contribution in [0.15, 0.2) is 41.0 Å². The van der Waals surface area contributed by atoms with Crippen LogP contribution < -0.4 is 10.1 Å². The third kappa shape index (κ3) is 4.32. The largest absolute Gasteiger partial charge is 0.484 e. The van der Waals surface area contributed by atoms with Gasteiger partial charge in [0.25, 0.3) is 5.91 Å². The minimum absolute atomic E-state index is 0.0344. The van der Waals surface area contributed by atoms with Gasteiger partial charge in [0, 0.05) is 10.5 Å². The molecule has 2 aromatic rings. The molecule has 1 aromatic heterocycles. The van der Waals surface area contributed by atoms with Crippen molar-refractivity contribution in [2.24, 2.45) is 0 Å². The highest BCUT2D eigenvalue weighted by atomic mass is 79.9. The normalized spacial score (nSPS) is 12.0. The summed E-state index contributed by atoms with van der Waals surface area (Å²) >= 11 is 3.35. The van der Waals surface area contributed by atoms with Gasteiger partial charge in [0.05, 0.1) is 12.2 Å². The molecule has 0 radical (unpaired) electrons. The Morgan fingerprint density at radius 3 is 2.76 bits per heavy atom. The van der Waals surface area contributed by atoms with Crippen molar-refractivity contribution in [3.63, 3.8) is 0 Å². The Morgan fingerprint density at radius 2 is 2.10 bits per heavy atom. The fourth-order valence-corrected chi connectivity index (χ4v) is 2.06. The Bertz CT molecular complexity index is 595. The lowest BCUT2D eigenvalue weighted by Gasteiger charge is -2.14. The third-order valence-electron chi connectivity index (χ3n) is 3.13. The van der Waals surface area contributed by atoms with Crippen LogP contribution in [-0.2, 0) is 4.79 Å². The van der Waals surface area contributed by atoms with Crippen molar-refractivity contribution in [1.29, 1.82) is 0 Å². The number of amides is 1. The maximum Gasteiger partial charge on any atom is 0.263 e. The molecule has 1 N–H and O–H groups in total. The Morgan fingerprint density at radius 1 is 1.38 bits per heavy atom. The average molecular weight is 352 g/mol. The van der Waals surface area contributed by atoms with Crippen LogP contribution in [0.25, 0.3) is 0 Å². The first-order valence-corrected chi connectivity index (χ1v) is 7.61. The van der Waals surface area contributed by atoms with Crippen LogP contribution in [0, 0.1) is 0 Å². The highest BCUT2D eigenvalue weighted by Gasteiger charge is 2.11. The maximum atomic E-state index is 11.9. The van der Waals surface area contributed by atoms with Gasteiger partial charge in [-0.1, -0.05) is 22.9 Å². The fourth-order valence-electron chi connectivity index (χ4n) is 1.80. The molecule has 0 saturated heterocycles. The van der Waals surface area contributed by atoms with E-state index in [1.807, 2.05) is 12.1 Å². The highest BCUT2D eigenvalue weighted by Crippen LogP contribution is 2.17. The number of halogens is 1. The Kier molecular flexibility index (Phi) is 5.38. The van der Waals surface area contributed by atoms with Crippen molar-refractivity contribution < 1.29 is 9.53 Å². The second-order valence-electron chi connectivity index (χ2n) is 4.71. The van der Waals surface area contributed by atoms with Gasteiger partial charge in [-0.15, -0.1) is 0 Å². The number of nitrogens with one attached hydrogen (secondary N) is 1. The van der Waals surface area contributed by atoms with Crippen molar-refractivity contribution in [3.05, 3.63) is 41.0 Å². The van der Waals surface area contributed by atoms with E-state index in [1.165, 1.54) is 0 Å². The third-order valence-corrected chi connectivity index (χ3v) is 3.66.